The van der Waals surface area contributed by atoms with Crippen LogP contribution in [-0.4, -0.2) is 55.4 Å². The van der Waals surface area contributed by atoms with Gasteiger partial charge in [-0.05, 0) is 49.9 Å². The molecule has 116 valence electrons. The van der Waals surface area contributed by atoms with Gasteiger partial charge in [-0.3, -0.25) is 4.79 Å². The molecule has 5 nitrogen and oxygen atoms in total. The van der Waals surface area contributed by atoms with Crippen molar-refractivity contribution in [2.75, 3.05) is 39.5 Å². The molecule has 3 rings (SSSR count). The van der Waals surface area contributed by atoms with E-state index in [9.17, 15) is 4.79 Å². The number of H-pyrrole nitrogens is 1. The maximum absolute atomic E-state index is 11.4. The molecule has 1 aromatic rings. The van der Waals surface area contributed by atoms with Crippen LogP contribution < -0.4 is 5.56 Å². The first-order valence-electron chi connectivity index (χ1n) is 7.91. The third kappa shape index (κ3) is 4.15. The van der Waals surface area contributed by atoms with Gasteiger partial charge in [-0.25, -0.2) is 0 Å². The Morgan fingerprint density at radius 2 is 2.14 bits per heavy atom. The van der Waals surface area contributed by atoms with Gasteiger partial charge < -0.3 is 19.4 Å². The molecule has 1 atom stereocenters. The number of aromatic amines is 1. The van der Waals surface area contributed by atoms with Crippen LogP contribution in [-0.2, 0) is 9.47 Å². The molecule has 0 radical (unpaired) electrons. The number of aromatic nitrogens is 1. The summed E-state index contributed by atoms with van der Waals surface area (Å²) in [4.78, 5) is 16.6. The highest BCUT2D eigenvalue weighted by Gasteiger charge is 2.22. The maximum Gasteiger partial charge on any atom is 0.248 e. The highest BCUT2D eigenvalue weighted by molar-refractivity contribution is 5.16. The molecule has 2 aliphatic rings. The summed E-state index contributed by atoms with van der Waals surface area (Å²) in [5.41, 5.74) is 1.19. The Labute approximate surface area is 125 Å². The highest BCUT2D eigenvalue weighted by Crippen LogP contribution is 2.27. The molecule has 0 bridgehead atoms. The number of likely N-dealkylation sites (tertiary alicyclic amines) is 1. The normalized spacial score (nSPS) is 25.0. The molecule has 0 aromatic carbocycles. The van der Waals surface area contributed by atoms with E-state index in [1.54, 1.807) is 12.3 Å². The van der Waals surface area contributed by atoms with Gasteiger partial charge in [0.2, 0.25) is 5.56 Å². The van der Waals surface area contributed by atoms with Gasteiger partial charge in [0, 0.05) is 18.8 Å². The lowest BCUT2D eigenvalue weighted by Gasteiger charge is -2.33. The first-order valence-corrected chi connectivity index (χ1v) is 7.91. The summed E-state index contributed by atoms with van der Waals surface area (Å²) in [5.74, 6) is 0.526. The molecule has 0 spiro atoms. The Bertz CT molecular complexity index is 488. The number of hydrogen-bond acceptors (Lipinski definition) is 4. The average Bonchev–Trinajstić information content (AvgIpc) is 2.54. The fourth-order valence-corrected chi connectivity index (χ4v) is 3.23. The van der Waals surface area contributed by atoms with Gasteiger partial charge in [0.05, 0.1) is 25.9 Å². The second-order valence-corrected chi connectivity index (χ2v) is 5.96. The molecule has 0 saturated carbocycles. The molecule has 1 N–H and O–H groups in total. The zero-order valence-corrected chi connectivity index (χ0v) is 12.4. The predicted molar refractivity (Wildman–Crippen MR) is 80.7 cm³/mol. The number of hydrogen-bond donors (Lipinski definition) is 1. The zero-order valence-electron chi connectivity index (χ0n) is 12.4. The number of nitrogens with zero attached hydrogens (tertiary/aromatic N) is 1. The van der Waals surface area contributed by atoms with Crippen LogP contribution >= 0.6 is 0 Å². The molecule has 1 unspecified atom stereocenters. The molecule has 2 aliphatic heterocycles. The van der Waals surface area contributed by atoms with Crippen LogP contribution in [0.5, 0.6) is 0 Å². The van der Waals surface area contributed by atoms with Gasteiger partial charge in [0.25, 0.3) is 0 Å². The fourth-order valence-electron chi connectivity index (χ4n) is 3.23. The van der Waals surface area contributed by atoms with Crippen LogP contribution in [0.1, 0.15) is 30.7 Å². The summed E-state index contributed by atoms with van der Waals surface area (Å²) in [6, 6.07) is 3.78. The van der Waals surface area contributed by atoms with E-state index in [4.69, 9.17) is 9.47 Å². The molecule has 2 fully saturated rings. The Morgan fingerprint density at radius 1 is 1.29 bits per heavy atom. The Morgan fingerprint density at radius 3 is 2.86 bits per heavy atom. The van der Waals surface area contributed by atoms with Crippen molar-refractivity contribution >= 4 is 0 Å². The van der Waals surface area contributed by atoms with Crippen molar-refractivity contribution in [2.45, 2.75) is 31.3 Å². The van der Waals surface area contributed by atoms with Crippen LogP contribution in [0.15, 0.2) is 23.1 Å². The lowest BCUT2D eigenvalue weighted by atomic mass is 9.90. The predicted octanol–water partition coefficient (Wildman–Crippen LogP) is 1.36. The van der Waals surface area contributed by atoms with Gasteiger partial charge in [-0.2, -0.15) is 0 Å². The van der Waals surface area contributed by atoms with Gasteiger partial charge in [-0.15, -0.1) is 0 Å². The number of piperidine rings is 1. The second kappa shape index (κ2) is 7.20. The van der Waals surface area contributed by atoms with Gasteiger partial charge in [0.1, 0.15) is 0 Å². The largest absolute Gasteiger partial charge is 0.376 e. The highest BCUT2D eigenvalue weighted by atomic mass is 16.6. The standard InChI is InChI=1S/C16H24N2O3/c19-16-11-14(1-5-17-16)13-2-6-18(7-3-13)8-4-15-12-20-9-10-21-15/h1,5,11,13,15H,2-4,6-10,12H2,(H,17,19). The summed E-state index contributed by atoms with van der Waals surface area (Å²) >= 11 is 0. The van der Waals surface area contributed by atoms with Gasteiger partial charge in [0.15, 0.2) is 0 Å². The van der Waals surface area contributed by atoms with Crippen LogP contribution in [0.2, 0.25) is 0 Å². The molecule has 1 aromatic heterocycles. The van der Waals surface area contributed by atoms with Crippen molar-refractivity contribution in [3.63, 3.8) is 0 Å². The summed E-state index contributed by atoms with van der Waals surface area (Å²) in [5, 5.41) is 0. The average molecular weight is 292 g/mol. The van der Waals surface area contributed by atoms with Crippen molar-refractivity contribution in [3.8, 4) is 0 Å². The third-order valence-corrected chi connectivity index (χ3v) is 4.51. The zero-order chi connectivity index (χ0) is 14.5. The molecular formula is C16H24N2O3. The van der Waals surface area contributed by atoms with Crippen LogP contribution in [0.25, 0.3) is 0 Å². The molecule has 0 amide bonds. The minimum Gasteiger partial charge on any atom is -0.376 e. The molecule has 21 heavy (non-hydrogen) atoms. The second-order valence-electron chi connectivity index (χ2n) is 5.96. The molecule has 2 saturated heterocycles. The van der Waals surface area contributed by atoms with Crippen molar-refractivity contribution in [1.82, 2.24) is 9.88 Å². The van der Waals surface area contributed by atoms with Crippen molar-refractivity contribution in [3.05, 3.63) is 34.2 Å². The lowest BCUT2D eigenvalue weighted by Crippen LogP contribution is -2.37. The summed E-state index contributed by atoms with van der Waals surface area (Å²) in [6.45, 7) is 5.49. The maximum atomic E-state index is 11.4. The summed E-state index contributed by atoms with van der Waals surface area (Å²) < 4.78 is 11.1. The molecular weight excluding hydrogens is 268 g/mol. The van der Waals surface area contributed by atoms with E-state index in [-0.39, 0.29) is 11.7 Å². The summed E-state index contributed by atoms with van der Waals surface area (Å²) in [7, 11) is 0. The minimum absolute atomic E-state index is 0.00405. The summed E-state index contributed by atoms with van der Waals surface area (Å²) in [6.07, 6.45) is 5.33. The van der Waals surface area contributed by atoms with Crippen molar-refractivity contribution < 1.29 is 9.47 Å². The van der Waals surface area contributed by atoms with E-state index in [2.05, 4.69) is 9.88 Å². The quantitative estimate of drug-likeness (QED) is 0.910. The Balaban J connectivity index is 1.43. The minimum atomic E-state index is 0.00405. The van der Waals surface area contributed by atoms with Crippen LogP contribution in [0, 0.1) is 0 Å². The monoisotopic (exact) mass is 292 g/mol. The number of ether oxygens (including phenoxy) is 2. The van der Waals surface area contributed by atoms with Crippen LogP contribution in [0.3, 0.4) is 0 Å². The van der Waals surface area contributed by atoms with Gasteiger partial charge >= 0.3 is 0 Å². The lowest BCUT2D eigenvalue weighted by molar-refractivity contribution is -0.0930. The topological polar surface area (TPSA) is 54.6 Å². The van der Waals surface area contributed by atoms with Crippen molar-refractivity contribution in [1.29, 1.82) is 0 Å². The molecule has 3 heterocycles. The van der Waals surface area contributed by atoms with E-state index >= 15 is 0 Å². The smallest absolute Gasteiger partial charge is 0.248 e. The van der Waals surface area contributed by atoms with E-state index in [1.165, 1.54) is 5.56 Å². The number of rotatable bonds is 4. The first kappa shape index (κ1) is 14.8. The number of pyridine rings is 1. The van der Waals surface area contributed by atoms with Crippen molar-refractivity contribution in [2.24, 2.45) is 0 Å². The van der Waals surface area contributed by atoms with Crippen LogP contribution in [0.4, 0.5) is 0 Å². The number of nitrogens with one attached hydrogen (secondary N) is 1. The van der Waals surface area contributed by atoms with E-state index in [0.717, 1.165) is 58.7 Å². The fraction of sp³-hybridized carbons (Fsp3) is 0.688. The molecule has 5 heteroatoms. The van der Waals surface area contributed by atoms with E-state index in [1.807, 2.05) is 6.07 Å². The van der Waals surface area contributed by atoms with Gasteiger partial charge in [-0.1, -0.05) is 0 Å². The van der Waals surface area contributed by atoms with E-state index in [0.29, 0.717) is 5.92 Å². The SMILES string of the molecule is O=c1cc(C2CCN(CCC3COCCO3)CC2)cc[nH]1. The third-order valence-electron chi connectivity index (χ3n) is 4.51. The Kier molecular flexibility index (Phi) is 5.06. The molecule has 0 aliphatic carbocycles. The first-order chi connectivity index (χ1) is 10.3. The van der Waals surface area contributed by atoms with E-state index < -0.39 is 0 Å². The Hall–Kier alpha value is -1.17.